The molecule has 3 aromatic rings. The van der Waals surface area contributed by atoms with Gasteiger partial charge in [-0.05, 0) is 12.8 Å². The molecule has 0 bridgehead atoms. The van der Waals surface area contributed by atoms with E-state index in [2.05, 4.69) is 16.4 Å². The molecule has 1 aliphatic heterocycles. The predicted molar refractivity (Wildman–Crippen MR) is 103 cm³/mol. The first-order valence-corrected chi connectivity index (χ1v) is 9.53. The van der Waals surface area contributed by atoms with E-state index in [1.807, 2.05) is 48.1 Å². The molecule has 0 saturated heterocycles. The van der Waals surface area contributed by atoms with Crippen LogP contribution < -0.4 is 5.32 Å². The number of nitrogens with zero attached hydrogens (tertiary/aromatic N) is 4. The number of ketones is 1. The molecule has 1 atom stereocenters. The first-order valence-electron chi connectivity index (χ1n) is 9.53. The van der Waals surface area contributed by atoms with E-state index in [9.17, 15) is 4.79 Å². The number of rotatable bonds is 5. The summed E-state index contributed by atoms with van der Waals surface area (Å²) in [6.07, 6.45) is 5.17. The van der Waals surface area contributed by atoms with Crippen molar-refractivity contribution >= 4 is 17.4 Å². The molecule has 5 rings (SSSR count). The molecule has 0 spiro atoms. The Kier molecular flexibility index (Phi) is 3.77. The van der Waals surface area contributed by atoms with Crippen LogP contribution in [0.5, 0.6) is 0 Å². The molecule has 1 fully saturated rings. The number of carbonyl (C=O) groups excluding carboxylic acids is 1. The van der Waals surface area contributed by atoms with E-state index in [1.165, 1.54) is 12.8 Å². The van der Waals surface area contributed by atoms with E-state index in [-0.39, 0.29) is 11.8 Å². The lowest BCUT2D eigenvalue weighted by molar-refractivity contribution is -0.119. The number of anilines is 2. The van der Waals surface area contributed by atoms with Gasteiger partial charge in [-0.1, -0.05) is 37.3 Å². The maximum absolute atomic E-state index is 12.2. The van der Waals surface area contributed by atoms with Crippen LogP contribution in [-0.4, -0.2) is 25.5 Å². The third-order valence-corrected chi connectivity index (χ3v) is 5.32. The summed E-state index contributed by atoms with van der Waals surface area (Å²) < 4.78 is 1.95. The van der Waals surface area contributed by atoms with Gasteiger partial charge < -0.3 is 5.32 Å². The van der Waals surface area contributed by atoms with Crippen molar-refractivity contribution in [3.8, 4) is 11.4 Å². The fourth-order valence-electron chi connectivity index (χ4n) is 3.59. The highest BCUT2D eigenvalue weighted by Gasteiger charge is 2.33. The quantitative estimate of drug-likeness (QED) is 0.738. The normalized spacial score (nSPS) is 17.7. The molecule has 1 unspecified atom stereocenters. The second kappa shape index (κ2) is 6.30. The van der Waals surface area contributed by atoms with E-state index in [1.54, 1.807) is 0 Å². The van der Waals surface area contributed by atoms with Gasteiger partial charge >= 0.3 is 0 Å². The Morgan fingerprint density at radius 2 is 2.07 bits per heavy atom. The zero-order valence-corrected chi connectivity index (χ0v) is 15.2. The zero-order chi connectivity index (χ0) is 18.4. The molecule has 27 heavy (non-hydrogen) atoms. The van der Waals surface area contributed by atoms with Gasteiger partial charge in [0.05, 0.1) is 11.7 Å². The van der Waals surface area contributed by atoms with E-state index in [0.29, 0.717) is 24.6 Å². The predicted octanol–water partition coefficient (Wildman–Crippen LogP) is 4.23. The van der Waals surface area contributed by atoms with Gasteiger partial charge in [0, 0.05) is 42.1 Å². The second-order valence-electron chi connectivity index (χ2n) is 7.27. The van der Waals surface area contributed by atoms with Crippen molar-refractivity contribution in [2.75, 3.05) is 5.32 Å². The van der Waals surface area contributed by atoms with Crippen molar-refractivity contribution in [1.29, 1.82) is 0 Å². The van der Waals surface area contributed by atoms with Gasteiger partial charge in [0.15, 0.2) is 5.82 Å². The Hall–Kier alpha value is -3.02. The first kappa shape index (κ1) is 16.2. The van der Waals surface area contributed by atoms with Crippen LogP contribution in [-0.2, 0) is 4.79 Å². The molecular weight excluding hydrogens is 338 g/mol. The lowest BCUT2D eigenvalue weighted by atomic mass is 10.0. The fraction of sp³-hybridized carbons (Fsp3) is 0.333. The van der Waals surface area contributed by atoms with Crippen molar-refractivity contribution in [2.24, 2.45) is 0 Å². The van der Waals surface area contributed by atoms with Crippen LogP contribution >= 0.6 is 0 Å². The average molecular weight is 359 g/mol. The SMILES string of the molecule is CCC(=O)CC1c2cnc(-c3ccccc3)nc2Nc2cc(C3CC3)nn21. The number of aromatic nitrogens is 4. The molecule has 1 aliphatic carbocycles. The van der Waals surface area contributed by atoms with E-state index in [0.717, 1.165) is 28.5 Å². The average Bonchev–Trinajstić information content (AvgIpc) is 3.47. The van der Waals surface area contributed by atoms with Crippen molar-refractivity contribution in [2.45, 2.75) is 44.6 Å². The van der Waals surface area contributed by atoms with Gasteiger partial charge in [-0.3, -0.25) is 4.79 Å². The monoisotopic (exact) mass is 359 g/mol. The molecule has 1 saturated carbocycles. The summed E-state index contributed by atoms with van der Waals surface area (Å²) in [6.45, 7) is 1.90. The number of Topliss-reactive ketones (excluding diaryl/α,β-unsaturated/α-hetero) is 1. The lowest BCUT2D eigenvalue weighted by Gasteiger charge is -2.27. The number of nitrogens with one attached hydrogen (secondary N) is 1. The molecule has 2 aromatic heterocycles. The topological polar surface area (TPSA) is 72.7 Å². The standard InChI is InChI=1S/C21H21N5O/c1-2-15(27)10-18-16-12-22-20(14-6-4-3-5-7-14)24-21(16)23-19-11-17(13-8-9-13)25-26(18)19/h3-7,11-13,18H,2,8-10H2,1H3,(H,22,23,24). The van der Waals surface area contributed by atoms with Crippen LogP contribution in [0.1, 0.15) is 55.8 Å². The minimum absolute atomic E-state index is 0.152. The number of benzene rings is 1. The molecule has 0 radical (unpaired) electrons. The minimum atomic E-state index is -0.152. The summed E-state index contributed by atoms with van der Waals surface area (Å²) in [4.78, 5) is 21.6. The van der Waals surface area contributed by atoms with E-state index < -0.39 is 0 Å². The van der Waals surface area contributed by atoms with E-state index >= 15 is 0 Å². The van der Waals surface area contributed by atoms with Crippen LogP contribution in [0.2, 0.25) is 0 Å². The molecule has 2 aliphatic rings. The highest BCUT2D eigenvalue weighted by molar-refractivity contribution is 5.80. The molecule has 6 nitrogen and oxygen atoms in total. The Morgan fingerprint density at radius 1 is 1.26 bits per heavy atom. The maximum atomic E-state index is 12.2. The van der Waals surface area contributed by atoms with Crippen molar-refractivity contribution in [3.63, 3.8) is 0 Å². The van der Waals surface area contributed by atoms with Gasteiger partial charge in [-0.25, -0.2) is 14.6 Å². The third kappa shape index (κ3) is 2.91. The molecule has 136 valence electrons. The zero-order valence-electron chi connectivity index (χ0n) is 15.2. The van der Waals surface area contributed by atoms with Crippen molar-refractivity contribution in [1.82, 2.24) is 19.7 Å². The van der Waals surface area contributed by atoms with Crippen LogP contribution in [0.4, 0.5) is 11.6 Å². The lowest BCUT2D eigenvalue weighted by Crippen LogP contribution is -2.24. The molecule has 3 heterocycles. The fourth-order valence-corrected chi connectivity index (χ4v) is 3.59. The number of fused-ring (bicyclic) bond motifs is 2. The van der Waals surface area contributed by atoms with Gasteiger partial charge in [-0.2, -0.15) is 5.10 Å². The Morgan fingerprint density at radius 3 is 2.81 bits per heavy atom. The van der Waals surface area contributed by atoms with Crippen molar-refractivity contribution < 1.29 is 4.79 Å². The Labute approximate surface area is 157 Å². The summed E-state index contributed by atoms with van der Waals surface area (Å²) in [5.41, 5.74) is 3.01. The number of carbonyl (C=O) groups is 1. The minimum Gasteiger partial charge on any atom is -0.325 e. The van der Waals surface area contributed by atoms with Gasteiger partial charge in [0.2, 0.25) is 0 Å². The number of hydrogen-bond acceptors (Lipinski definition) is 5. The summed E-state index contributed by atoms with van der Waals surface area (Å²) in [6, 6.07) is 11.9. The largest absolute Gasteiger partial charge is 0.325 e. The summed E-state index contributed by atoms with van der Waals surface area (Å²) in [7, 11) is 0. The van der Waals surface area contributed by atoms with Crippen LogP contribution in [0.3, 0.4) is 0 Å². The van der Waals surface area contributed by atoms with Gasteiger partial charge in [-0.15, -0.1) is 0 Å². The third-order valence-electron chi connectivity index (χ3n) is 5.32. The van der Waals surface area contributed by atoms with Gasteiger partial charge in [0.1, 0.15) is 17.4 Å². The second-order valence-corrected chi connectivity index (χ2v) is 7.27. The highest BCUT2D eigenvalue weighted by atomic mass is 16.1. The van der Waals surface area contributed by atoms with Gasteiger partial charge in [0.25, 0.3) is 0 Å². The first-order chi connectivity index (χ1) is 13.2. The summed E-state index contributed by atoms with van der Waals surface area (Å²) in [5, 5.41) is 8.22. The van der Waals surface area contributed by atoms with Crippen LogP contribution in [0, 0.1) is 0 Å². The molecule has 1 aromatic carbocycles. The summed E-state index contributed by atoms with van der Waals surface area (Å²) >= 11 is 0. The van der Waals surface area contributed by atoms with E-state index in [4.69, 9.17) is 10.1 Å². The molecule has 0 amide bonds. The highest BCUT2D eigenvalue weighted by Crippen LogP contribution is 2.43. The smallest absolute Gasteiger partial charge is 0.161 e. The van der Waals surface area contributed by atoms with Crippen LogP contribution in [0.25, 0.3) is 11.4 Å². The van der Waals surface area contributed by atoms with Crippen molar-refractivity contribution in [3.05, 3.63) is 53.9 Å². The molecule has 1 N–H and O–H groups in total. The molecule has 6 heteroatoms. The maximum Gasteiger partial charge on any atom is 0.161 e. The summed E-state index contributed by atoms with van der Waals surface area (Å²) in [5.74, 6) is 3.14. The van der Waals surface area contributed by atoms with Crippen LogP contribution in [0.15, 0.2) is 42.6 Å². The molecular formula is C21H21N5O. The Bertz CT molecular complexity index is 1010. The Balaban J connectivity index is 1.58. The number of hydrogen-bond donors (Lipinski definition) is 1.